The van der Waals surface area contributed by atoms with E-state index in [-0.39, 0.29) is 11.1 Å². The van der Waals surface area contributed by atoms with E-state index >= 15 is 0 Å². The molecule has 1 aromatic carbocycles. The lowest BCUT2D eigenvalue weighted by atomic mass is 10.1. The first kappa shape index (κ1) is 18.4. The van der Waals surface area contributed by atoms with Crippen molar-refractivity contribution in [1.82, 2.24) is 14.8 Å². The number of halogens is 1. The smallest absolute Gasteiger partial charge is 0.192 e. The molecule has 0 N–H and O–H groups in total. The molecule has 4 nitrogen and oxygen atoms in total. The van der Waals surface area contributed by atoms with Crippen molar-refractivity contribution in [2.75, 3.05) is 0 Å². The first-order valence-corrected chi connectivity index (χ1v) is 11.6. The first-order valence-electron chi connectivity index (χ1n) is 7.86. The van der Waals surface area contributed by atoms with Crippen molar-refractivity contribution in [2.45, 2.75) is 51.4 Å². The number of aryl methyl sites for hydroxylation is 1. The molecule has 0 saturated heterocycles. The molecule has 0 aliphatic carbocycles. The summed E-state index contributed by atoms with van der Waals surface area (Å²) in [6.07, 6.45) is 2.44. The zero-order chi connectivity index (χ0) is 17.3. The summed E-state index contributed by atoms with van der Waals surface area (Å²) in [5, 5.41) is 8.39. The van der Waals surface area contributed by atoms with E-state index < -0.39 is 8.32 Å². The molecule has 1 aromatic heterocycles. The van der Waals surface area contributed by atoms with Crippen molar-refractivity contribution in [1.29, 1.82) is 0 Å². The van der Waals surface area contributed by atoms with Gasteiger partial charge in [0.2, 0.25) is 0 Å². The van der Waals surface area contributed by atoms with E-state index in [1.807, 2.05) is 17.7 Å². The Morgan fingerprint density at radius 2 is 2.00 bits per heavy atom. The summed E-state index contributed by atoms with van der Waals surface area (Å²) in [5.74, 6) is 0.939. The van der Waals surface area contributed by atoms with Gasteiger partial charge >= 0.3 is 0 Å². The monoisotopic (exact) mass is 395 g/mol. The zero-order valence-electron chi connectivity index (χ0n) is 14.8. The molecule has 0 spiro atoms. The third kappa shape index (κ3) is 4.52. The summed E-state index contributed by atoms with van der Waals surface area (Å²) in [6, 6.07) is 8.35. The van der Waals surface area contributed by atoms with Crippen LogP contribution in [-0.2, 0) is 17.9 Å². The lowest BCUT2D eigenvalue weighted by Gasteiger charge is -2.39. The fraction of sp³-hybridized carbons (Fsp3) is 0.529. The Labute approximate surface area is 148 Å². The van der Waals surface area contributed by atoms with Gasteiger partial charge in [-0.2, -0.15) is 0 Å². The summed E-state index contributed by atoms with van der Waals surface area (Å²) in [7, 11) is 0.0801. The van der Waals surface area contributed by atoms with E-state index in [4.69, 9.17) is 4.43 Å². The second-order valence-corrected chi connectivity index (χ2v) is 13.2. The topological polar surface area (TPSA) is 39.9 Å². The second-order valence-electron chi connectivity index (χ2n) is 7.48. The molecule has 1 atom stereocenters. The number of benzene rings is 1. The average Bonchev–Trinajstić information content (AvgIpc) is 2.82. The highest BCUT2D eigenvalue weighted by atomic mass is 79.9. The van der Waals surface area contributed by atoms with Crippen LogP contribution < -0.4 is 0 Å². The van der Waals surface area contributed by atoms with Crippen molar-refractivity contribution in [3.8, 4) is 0 Å². The number of hydrogen-bond acceptors (Lipinski definition) is 3. The van der Waals surface area contributed by atoms with E-state index in [2.05, 4.69) is 78.2 Å². The molecule has 0 aliphatic rings. The molecule has 0 amide bonds. The lowest BCUT2D eigenvalue weighted by molar-refractivity contribution is 0.180. The van der Waals surface area contributed by atoms with Crippen molar-refractivity contribution in [3.63, 3.8) is 0 Å². The third-order valence-corrected chi connectivity index (χ3v) is 9.62. The largest absolute Gasteiger partial charge is 0.409 e. The minimum atomic E-state index is -1.89. The minimum Gasteiger partial charge on any atom is -0.409 e. The molecule has 2 rings (SSSR count). The molecule has 0 radical (unpaired) electrons. The van der Waals surface area contributed by atoms with Gasteiger partial charge in [0.25, 0.3) is 0 Å². The molecule has 23 heavy (non-hydrogen) atoms. The first-order chi connectivity index (χ1) is 10.6. The SMILES string of the molecule is Cn1cnnc1CC(O[Si](C)(C)C(C)(C)C)c1cccc(Br)c1. The molecule has 126 valence electrons. The van der Waals surface area contributed by atoms with Crippen molar-refractivity contribution < 1.29 is 4.43 Å². The van der Waals surface area contributed by atoms with Crippen LogP contribution in [0, 0.1) is 0 Å². The van der Waals surface area contributed by atoms with Crippen LogP contribution in [0.5, 0.6) is 0 Å². The summed E-state index contributed by atoms with van der Waals surface area (Å²) < 4.78 is 9.73. The van der Waals surface area contributed by atoms with Crippen molar-refractivity contribution in [3.05, 3.63) is 46.5 Å². The van der Waals surface area contributed by atoms with Gasteiger partial charge in [-0.25, -0.2) is 0 Å². The number of nitrogens with zero attached hydrogens (tertiary/aromatic N) is 3. The molecule has 1 heterocycles. The van der Waals surface area contributed by atoms with Crippen LogP contribution in [0.4, 0.5) is 0 Å². The van der Waals surface area contributed by atoms with E-state index in [1.54, 1.807) is 6.33 Å². The quantitative estimate of drug-likeness (QED) is 0.676. The minimum absolute atomic E-state index is 0.0173. The Morgan fingerprint density at radius 1 is 1.30 bits per heavy atom. The number of aromatic nitrogens is 3. The van der Waals surface area contributed by atoms with Gasteiger partial charge in [-0.05, 0) is 35.8 Å². The van der Waals surface area contributed by atoms with E-state index in [1.165, 1.54) is 5.56 Å². The predicted molar refractivity (Wildman–Crippen MR) is 99.9 cm³/mol. The van der Waals surface area contributed by atoms with Crippen LogP contribution in [0.25, 0.3) is 0 Å². The summed E-state index contributed by atoms with van der Waals surface area (Å²) in [6.45, 7) is 11.4. The van der Waals surface area contributed by atoms with Gasteiger partial charge in [0.05, 0.1) is 6.10 Å². The molecule has 2 aromatic rings. The molecule has 6 heteroatoms. The van der Waals surface area contributed by atoms with Crippen LogP contribution >= 0.6 is 15.9 Å². The van der Waals surface area contributed by atoms with Crippen molar-refractivity contribution >= 4 is 24.2 Å². The Hall–Kier alpha value is -0.983. The maximum Gasteiger partial charge on any atom is 0.192 e. The Bertz CT molecular complexity index is 664. The predicted octanol–water partition coefficient (Wildman–Crippen LogP) is 4.88. The van der Waals surface area contributed by atoms with Crippen LogP contribution in [-0.4, -0.2) is 23.1 Å². The maximum atomic E-state index is 6.71. The van der Waals surface area contributed by atoms with E-state index in [0.717, 1.165) is 16.7 Å². The van der Waals surface area contributed by atoms with Gasteiger partial charge in [0, 0.05) is 17.9 Å². The Morgan fingerprint density at radius 3 is 2.52 bits per heavy atom. The molecule has 0 saturated carbocycles. The van der Waals surface area contributed by atoms with Gasteiger partial charge in [-0.15, -0.1) is 10.2 Å². The molecular formula is C17H26BrN3OSi. The third-order valence-electron chi connectivity index (χ3n) is 4.64. The van der Waals surface area contributed by atoms with Crippen molar-refractivity contribution in [2.24, 2.45) is 7.05 Å². The molecule has 0 bridgehead atoms. The van der Waals surface area contributed by atoms with Crippen LogP contribution in [0.3, 0.4) is 0 Å². The van der Waals surface area contributed by atoms with Gasteiger partial charge in [-0.3, -0.25) is 0 Å². The highest BCUT2D eigenvalue weighted by Crippen LogP contribution is 2.40. The standard InChI is InChI=1S/C17H26BrN3OSi/c1-17(2,3)23(5,6)22-15(11-16-20-19-12-21(16)4)13-8-7-9-14(18)10-13/h7-10,12,15H,11H2,1-6H3. The van der Waals surface area contributed by atoms with Crippen LogP contribution in [0.2, 0.25) is 18.1 Å². The van der Waals surface area contributed by atoms with Gasteiger partial charge in [0.15, 0.2) is 8.32 Å². The molecule has 1 unspecified atom stereocenters. The van der Waals surface area contributed by atoms with Crippen LogP contribution in [0.1, 0.15) is 38.3 Å². The van der Waals surface area contributed by atoms with Gasteiger partial charge in [0.1, 0.15) is 12.2 Å². The number of rotatable bonds is 5. The fourth-order valence-corrected chi connectivity index (χ4v) is 3.83. The highest BCUT2D eigenvalue weighted by molar-refractivity contribution is 9.10. The second kappa shape index (κ2) is 6.87. The summed E-state index contributed by atoms with van der Waals surface area (Å²) in [5.41, 5.74) is 1.17. The van der Waals surface area contributed by atoms with E-state index in [0.29, 0.717) is 0 Å². The molecule has 0 aliphatic heterocycles. The zero-order valence-corrected chi connectivity index (χ0v) is 17.4. The highest BCUT2D eigenvalue weighted by Gasteiger charge is 2.39. The normalized spacial score (nSPS) is 14.0. The number of hydrogen-bond donors (Lipinski definition) is 0. The van der Waals surface area contributed by atoms with Crippen LogP contribution in [0.15, 0.2) is 35.1 Å². The average molecular weight is 396 g/mol. The Balaban J connectivity index is 2.34. The molecule has 0 fully saturated rings. The van der Waals surface area contributed by atoms with E-state index in [9.17, 15) is 0 Å². The summed E-state index contributed by atoms with van der Waals surface area (Å²) in [4.78, 5) is 0. The molecular weight excluding hydrogens is 370 g/mol. The maximum absolute atomic E-state index is 6.71. The lowest BCUT2D eigenvalue weighted by Crippen LogP contribution is -2.42. The summed E-state index contributed by atoms with van der Waals surface area (Å²) >= 11 is 3.56. The Kier molecular flexibility index (Phi) is 5.48. The van der Waals surface area contributed by atoms with Gasteiger partial charge < -0.3 is 8.99 Å². The van der Waals surface area contributed by atoms with Gasteiger partial charge in [-0.1, -0.05) is 48.8 Å². The fourth-order valence-electron chi connectivity index (χ4n) is 2.12.